The molecule has 1 aromatic heterocycles. The van der Waals surface area contributed by atoms with Crippen LogP contribution in [0.3, 0.4) is 0 Å². The van der Waals surface area contributed by atoms with Crippen LogP contribution >= 0.6 is 0 Å². The normalized spacial score (nSPS) is 13.8. The quantitative estimate of drug-likeness (QED) is 0.557. The summed E-state index contributed by atoms with van der Waals surface area (Å²) in [5.74, 6) is 0. The second-order valence-electron chi connectivity index (χ2n) is 7.83. The van der Waals surface area contributed by atoms with Gasteiger partial charge in [0.2, 0.25) is 0 Å². The van der Waals surface area contributed by atoms with Crippen molar-refractivity contribution in [3.05, 3.63) is 66.2 Å². The van der Waals surface area contributed by atoms with E-state index in [0.29, 0.717) is 0 Å². The second kappa shape index (κ2) is 8.64. The molecule has 0 saturated heterocycles. The first kappa shape index (κ1) is 19.5. The van der Waals surface area contributed by atoms with Crippen LogP contribution in [0.5, 0.6) is 0 Å². The van der Waals surface area contributed by atoms with Crippen molar-refractivity contribution in [2.24, 2.45) is 0 Å². The molecule has 0 aliphatic carbocycles. The maximum Gasteiger partial charge on any atom is 0.0875 e. The molecule has 142 valence electrons. The van der Waals surface area contributed by atoms with Crippen molar-refractivity contribution in [1.82, 2.24) is 9.88 Å². The van der Waals surface area contributed by atoms with Crippen molar-refractivity contribution in [1.29, 1.82) is 0 Å². The minimum Gasteiger partial charge on any atom is -0.385 e. The maximum absolute atomic E-state index is 11.3. The highest BCUT2D eigenvalue weighted by Gasteiger charge is 2.26. The van der Waals surface area contributed by atoms with Gasteiger partial charge in [0.25, 0.3) is 0 Å². The van der Waals surface area contributed by atoms with Gasteiger partial charge < -0.3 is 10.0 Å². The van der Waals surface area contributed by atoms with Crippen molar-refractivity contribution < 1.29 is 5.11 Å². The monoisotopic (exact) mass is 362 g/mol. The Morgan fingerprint density at radius 3 is 2.37 bits per heavy atom. The molecule has 0 fully saturated rings. The molecule has 0 saturated carbocycles. The predicted octanol–water partition coefficient (Wildman–Crippen LogP) is 5.23. The van der Waals surface area contributed by atoms with Gasteiger partial charge in [-0.3, -0.25) is 0 Å². The lowest BCUT2D eigenvalue weighted by atomic mass is 9.87. The van der Waals surface area contributed by atoms with Crippen molar-refractivity contribution in [3.63, 3.8) is 0 Å². The van der Waals surface area contributed by atoms with Gasteiger partial charge in [-0.25, -0.2) is 4.98 Å². The van der Waals surface area contributed by atoms with E-state index in [9.17, 15) is 5.11 Å². The van der Waals surface area contributed by atoms with Gasteiger partial charge in [-0.15, -0.1) is 0 Å². The molecule has 1 atom stereocenters. The van der Waals surface area contributed by atoms with Crippen molar-refractivity contribution in [2.75, 3.05) is 20.6 Å². The molecular weight excluding hydrogens is 332 g/mol. The summed E-state index contributed by atoms with van der Waals surface area (Å²) in [6.07, 6.45) is 4.05. The summed E-state index contributed by atoms with van der Waals surface area (Å²) in [5.41, 5.74) is 3.02. The summed E-state index contributed by atoms with van der Waals surface area (Å²) >= 11 is 0. The maximum atomic E-state index is 11.3. The van der Waals surface area contributed by atoms with Gasteiger partial charge in [0.15, 0.2) is 0 Å². The van der Waals surface area contributed by atoms with Crippen LogP contribution < -0.4 is 0 Å². The van der Waals surface area contributed by atoms with Crippen LogP contribution in [0.15, 0.2) is 60.7 Å². The van der Waals surface area contributed by atoms with Crippen LogP contribution in [0.4, 0.5) is 0 Å². The Morgan fingerprint density at radius 1 is 0.926 bits per heavy atom. The zero-order valence-electron chi connectivity index (χ0n) is 16.7. The summed E-state index contributed by atoms with van der Waals surface area (Å²) < 4.78 is 0. The van der Waals surface area contributed by atoms with E-state index in [-0.39, 0.29) is 0 Å². The molecule has 0 aliphatic heterocycles. The molecule has 1 heterocycles. The van der Waals surface area contributed by atoms with Gasteiger partial charge in [-0.05, 0) is 58.1 Å². The van der Waals surface area contributed by atoms with Crippen LogP contribution in [0.2, 0.25) is 0 Å². The van der Waals surface area contributed by atoms with Gasteiger partial charge in [-0.1, -0.05) is 61.4 Å². The van der Waals surface area contributed by atoms with Crippen LogP contribution in [0.25, 0.3) is 22.2 Å². The molecule has 27 heavy (non-hydrogen) atoms. The SMILES string of the molecule is CN(C)CCCCCC(C)(O)c1cc(-c2ccccc2)nc2ccccc12. The Labute approximate surface area is 162 Å². The van der Waals surface area contributed by atoms with E-state index < -0.39 is 5.60 Å². The van der Waals surface area contributed by atoms with Gasteiger partial charge in [0, 0.05) is 10.9 Å². The largest absolute Gasteiger partial charge is 0.385 e. The fraction of sp³-hybridized carbons (Fsp3) is 0.375. The molecular formula is C24H30N2O. The summed E-state index contributed by atoms with van der Waals surface area (Å²) in [7, 11) is 4.20. The van der Waals surface area contributed by atoms with Crippen LogP contribution in [-0.2, 0) is 5.60 Å². The number of fused-ring (bicyclic) bond motifs is 1. The van der Waals surface area contributed by atoms with Gasteiger partial charge >= 0.3 is 0 Å². The molecule has 0 radical (unpaired) electrons. The minimum atomic E-state index is -0.871. The molecule has 0 bridgehead atoms. The molecule has 3 nitrogen and oxygen atoms in total. The third-order valence-electron chi connectivity index (χ3n) is 5.13. The lowest BCUT2D eigenvalue weighted by molar-refractivity contribution is 0.0462. The lowest BCUT2D eigenvalue weighted by Crippen LogP contribution is -2.22. The van der Waals surface area contributed by atoms with Crippen LogP contribution in [0.1, 0.15) is 38.2 Å². The highest BCUT2D eigenvalue weighted by atomic mass is 16.3. The third kappa shape index (κ3) is 4.94. The average molecular weight is 363 g/mol. The molecule has 0 spiro atoms. The third-order valence-corrected chi connectivity index (χ3v) is 5.13. The molecule has 2 aromatic carbocycles. The number of aliphatic hydroxyl groups is 1. The average Bonchev–Trinajstić information content (AvgIpc) is 2.67. The van der Waals surface area contributed by atoms with E-state index in [1.165, 1.54) is 0 Å². The van der Waals surface area contributed by atoms with E-state index in [1.54, 1.807) is 0 Å². The number of aromatic nitrogens is 1. The molecule has 3 rings (SSSR count). The standard InChI is InChI=1S/C24H30N2O/c1-24(27,16-10-5-11-17-26(2)3)21-18-23(19-12-6-4-7-13-19)25-22-15-9-8-14-20(21)22/h4,6-9,12-15,18,27H,5,10-11,16-17H2,1-3H3. The van der Waals surface area contributed by atoms with Crippen molar-refractivity contribution >= 4 is 10.9 Å². The van der Waals surface area contributed by atoms with Crippen molar-refractivity contribution in [2.45, 2.75) is 38.2 Å². The number of nitrogens with zero attached hydrogens (tertiary/aromatic N) is 2. The summed E-state index contributed by atoms with van der Waals surface area (Å²) in [5, 5.41) is 12.4. The second-order valence-corrected chi connectivity index (χ2v) is 7.83. The first-order valence-corrected chi connectivity index (χ1v) is 9.80. The Hall–Kier alpha value is -2.23. The number of pyridine rings is 1. The number of para-hydroxylation sites is 1. The van der Waals surface area contributed by atoms with E-state index in [0.717, 1.165) is 60.0 Å². The van der Waals surface area contributed by atoms with Gasteiger partial charge in [0.05, 0.1) is 16.8 Å². The smallest absolute Gasteiger partial charge is 0.0875 e. The Bertz CT molecular complexity index is 872. The molecule has 1 unspecified atom stereocenters. The first-order valence-electron chi connectivity index (χ1n) is 9.80. The molecule has 0 amide bonds. The molecule has 3 aromatic rings. The van der Waals surface area contributed by atoms with E-state index in [1.807, 2.05) is 43.3 Å². The minimum absolute atomic E-state index is 0.753. The van der Waals surface area contributed by atoms with Crippen LogP contribution in [-0.4, -0.2) is 35.6 Å². The Balaban J connectivity index is 1.89. The number of unbranched alkanes of at least 4 members (excludes halogenated alkanes) is 2. The Morgan fingerprint density at radius 2 is 1.63 bits per heavy atom. The number of hydrogen-bond donors (Lipinski definition) is 1. The van der Waals surface area contributed by atoms with Crippen molar-refractivity contribution in [3.8, 4) is 11.3 Å². The summed E-state index contributed by atoms with van der Waals surface area (Å²) in [4.78, 5) is 7.04. The topological polar surface area (TPSA) is 36.4 Å². The Kier molecular flexibility index (Phi) is 6.25. The van der Waals surface area contributed by atoms with Crippen LogP contribution in [0, 0.1) is 0 Å². The van der Waals surface area contributed by atoms with E-state index in [2.05, 4.69) is 43.3 Å². The highest BCUT2D eigenvalue weighted by Crippen LogP contribution is 2.35. The number of benzene rings is 2. The summed E-state index contributed by atoms with van der Waals surface area (Å²) in [6.45, 7) is 3.04. The first-order chi connectivity index (χ1) is 13.0. The van der Waals surface area contributed by atoms with E-state index in [4.69, 9.17) is 4.98 Å². The van der Waals surface area contributed by atoms with E-state index >= 15 is 0 Å². The molecule has 1 N–H and O–H groups in total. The fourth-order valence-corrected chi connectivity index (χ4v) is 3.59. The number of hydrogen-bond acceptors (Lipinski definition) is 3. The zero-order valence-corrected chi connectivity index (χ0v) is 16.7. The summed E-state index contributed by atoms with van der Waals surface area (Å²) in [6, 6.07) is 20.4. The predicted molar refractivity (Wildman–Crippen MR) is 114 cm³/mol. The molecule has 0 aliphatic rings. The lowest BCUT2D eigenvalue weighted by Gasteiger charge is -2.26. The zero-order chi connectivity index (χ0) is 19.3. The fourth-order valence-electron chi connectivity index (χ4n) is 3.59. The molecule has 3 heteroatoms. The number of rotatable bonds is 8. The van der Waals surface area contributed by atoms with Gasteiger partial charge in [-0.2, -0.15) is 0 Å². The van der Waals surface area contributed by atoms with Gasteiger partial charge in [0.1, 0.15) is 0 Å². The highest BCUT2D eigenvalue weighted by molar-refractivity contribution is 5.86.